The molecule has 1 aromatic heterocycles. The molecule has 2 heterocycles. The molecule has 27 heavy (non-hydrogen) atoms. The van der Waals surface area contributed by atoms with Crippen LogP contribution >= 0.6 is 0 Å². The number of aromatic nitrogens is 2. The van der Waals surface area contributed by atoms with Crippen LogP contribution in [0.1, 0.15) is 29.8 Å². The summed E-state index contributed by atoms with van der Waals surface area (Å²) in [4.78, 5) is 25.0. The highest BCUT2D eigenvalue weighted by Crippen LogP contribution is 2.14. The molecule has 1 aromatic carbocycles. The van der Waals surface area contributed by atoms with Crippen molar-refractivity contribution in [2.45, 2.75) is 19.9 Å². The number of piperazine rings is 1. The lowest BCUT2D eigenvalue weighted by Crippen LogP contribution is -2.49. The lowest BCUT2D eigenvalue weighted by atomic mass is 10.1. The molecule has 1 saturated heterocycles. The first-order valence-corrected chi connectivity index (χ1v) is 9.39. The smallest absolute Gasteiger partial charge is 0.341 e. The van der Waals surface area contributed by atoms with E-state index in [0.29, 0.717) is 24.2 Å². The summed E-state index contributed by atoms with van der Waals surface area (Å²) in [5.74, 6) is 0.281. The Balaban J connectivity index is 1.52. The summed E-state index contributed by atoms with van der Waals surface area (Å²) in [5.41, 5.74) is 1.61. The van der Waals surface area contributed by atoms with Gasteiger partial charge in [0, 0.05) is 44.6 Å². The van der Waals surface area contributed by atoms with E-state index in [1.807, 2.05) is 6.07 Å². The maximum atomic E-state index is 11.7. The maximum Gasteiger partial charge on any atom is 0.341 e. The van der Waals surface area contributed by atoms with Gasteiger partial charge in [0.15, 0.2) is 0 Å². The standard InChI is InChI=1S/C21H26N4O2/c1-3-27-20(26)19-15-22-21(23-16-19)25-13-11-24(12-14-25)17(2)9-10-18-7-5-4-6-8-18/h4-10,15-17H,3,11-14H2,1-2H3. The number of carbonyl (C=O) groups is 1. The van der Waals surface area contributed by atoms with Gasteiger partial charge >= 0.3 is 5.97 Å². The topological polar surface area (TPSA) is 58.6 Å². The monoisotopic (exact) mass is 366 g/mol. The van der Waals surface area contributed by atoms with Crippen LogP contribution in [0.3, 0.4) is 0 Å². The van der Waals surface area contributed by atoms with Gasteiger partial charge in [-0.05, 0) is 19.4 Å². The van der Waals surface area contributed by atoms with Crippen LogP contribution in [0.4, 0.5) is 5.95 Å². The van der Waals surface area contributed by atoms with Gasteiger partial charge in [0.1, 0.15) is 0 Å². The number of hydrogen-bond donors (Lipinski definition) is 0. The van der Waals surface area contributed by atoms with Gasteiger partial charge < -0.3 is 9.64 Å². The number of hydrogen-bond acceptors (Lipinski definition) is 6. The molecular formula is C21H26N4O2. The molecule has 2 aromatic rings. The van der Waals surface area contributed by atoms with Crippen molar-refractivity contribution >= 4 is 18.0 Å². The van der Waals surface area contributed by atoms with Crippen LogP contribution in [0.2, 0.25) is 0 Å². The van der Waals surface area contributed by atoms with Crippen molar-refractivity contribution in [2.75, 3.05) is 37.7 Å². The molecule has 0 N–H and O–H groups in total. The Kier molecular flexibility index (Phi) is 6.54. The van der Waals surface area contributed by atoms with Crippen molar-refractivity contribution in [3.05, 3.63) is 59.9 Å². The first-order valence-electron chi connectivity index (χ1n) is 9.39. The Bertz CT molecular complexity index is 754. The number of carbonyl (C=O) groups excluding carboxylic acids is 1. The average molecular weight is 366 g/mol. The van der Waals surface area contributed by atoms with Crippen molar-refractivity contribution in [2.24, 2.45) is 0 Å². The van der Waals surface area contributed by atoms with Gasteiger partial charge in [-0.1, -0.05) is 42.5 Å². The van der Waals surface area contributed by atoms with E-state index in [2.05, 4.69) is 63.1 Å². The normalized spacial score (nSPS) is 16.4. The summed E-state index contributed by atoms with van der Waals surface area (Å²) < 4.78 is 4.96. The molecule has 0 bridgehead atoms. The van der Waals surface area contributed by atoms with Crippen LogP contribution in [-0.2, 0) is 4.74 Å². The zero-order valence-electron chi connectivity index (χ0n) is 15.9. The van der Waals surface area contributed by atoms with E-state index >= 15 is 0 Å². The molecular weight excluding hydrogens is 340 g/mol. The summed E-state index contributed by atoms with van der Waals surface area (Å²) in [7, 11) is 0. The molecule has 1 unspecified atom stereocenters. The number of nitrogens with zero attached hydrogens (tertiary/aromatic N) is 4. The minimum atomic E-state index is -0.382. The number of rotatable bonds is 6. The number of anilines is 1. The van der Waals surface area contributed by atoms with Gasteiger partial charge in [-0.25, -0.2) is 14.8 Å². The highest BCUT2D eigenvalue weighted by Gasteiger charge is 2.21. The fourth-order valence-electron chi connectivity index (χ4n) is 3.07. The lowest BCUT2D eigenvalue weighted by Gasteiger charge is -2.37. The Labute approximate surface area is 160 Å². The third-order valence-electron chi connectivity index (χ3n) is 4.69. The van der Waals surface area contributed by atoms with Gasteiger partial charge in [0.05, 0.1) is 12.2 Å². The zero-order valence-corrected chi connectivity index (χ0v) is 15.9. The number of ether oxygens (including phenoxy) is 1. The van der Waals surface area contributed by atoms with Crippen molar-refractivity contribution < 1.29 is 9.53 Å². The van der Waals surface area contributed by atoms with Gasteiger partial charge in [-0.2, -0.15) is 0 Å². The molecule has 3 rings (SSSR count). The number of esters is 1. The molecule has 0 amide bonds. The van der Waals surface area contributed by atoms with Crippen LogP contribution < -0.4 is 4.90 Å². The molecule has 0 radical (unpaired) electrons. The second-order valence-corrected chi connectivity index (χ2v) is 6.53. The predicted octanol–water partition coefficient (Wildman–Crippen LogP) is 2.88. The summed E-state index contributed by atoms with van der Waals surface area (Å²) >= 11 is 0. The minimum absolute atomic E-state index is 0.347. The van der Waals surface area contributed by atoms with E-state index in [1.165, 1.54) is 18.0 Å². The van der Waals surface area contributed by atoms with E-state index < -0.39 is 0 Å². The Hall–Kier alpha value is -2.73. The van der Waals surface area contributed by atoms with E-state index in [0.717, 1.165) is 26.2 Å². The first kappa shape index (κ1) is 19.0. The Morgan fingerprint density at radius 3 is 2.44 bits per heavy atom. The van der Waals surface area contributed by atoms with E-state index in [9.17, 15) is 4.79 Å². The molecule has 1 atom stereocenters. The summed E-state index contributed by atoms with van der Waals surface area (Å²) in [6.07, 6.45) is 7.50. The first-order chi connectivity index (χ1) is 13.2. The molecule has 1 aliphatic heterocycles. The Morgan fingerprint density at radius 1 is 1.15 bits per heavy atom. The molecule has 142 valence electrons. The van der Waals surface area contributed by atoms with Crippen LogP contribution in [-0.4, -0.2) is 59.7 Å². The van der Waals surface area contributed by atoms with E-state index in [1.54, 1.807) is 6.92 Å². The molecule has 0 aliphatic carbocycles. The van der Waals surface area contributed by atoms with Gasteiger partial charge in [-0.15, -0.1) is 0 Å². The summed E-state index contributed by atoms with van der Waals surface area (Å²) in [6, 6.07) is 10.7. The third kappa shape index (κ3) is 5.14. The van der Waals surface area contributed by atoms with E-state index in [-0.39, 0.29) is 5.97 Å². The zero-order chi connectivity index (χ0) is 19.1. The summed E-state index contributed by atoms with van der Waals surface area (Å²) in [6.45, 7) is 7.97. The molecule has 1 fully saturated rings. The third-order valence-corrected chi connectivity index (χ3v) is 4.69. The highest BCUT2D eigenvalue weighted by atomic mass is 16.5. The van der Waals surface area contributed by atoms with Crippen LogP contribution in [0.25, 0.3) is 6.08 Å². The van der Waals surface area contributed by atoms with Crippen LogP contribution in [0.15, 0.2) is 48.8 Å². The molecule has 6 heteroatoms. The fourth-order valence-corrected chi connectivity index (χ4v) is 3.07. The molecule has 0 spiro atoms. The molecule has 6 nitrogen and oxygen atoms in total. The van der Waals surface area contributed by atoms with Crippen molar-refractivity contribution in [1.29, 1.82) is 0 Å². The van der Waals surface area contributed by atoms with Crippen molar-refractivity contribution in [1.82, 2.24) is 14.9 Å². The Morgan fingerprint density at radius 2 is 1.81 bits per heavy atom. The quantitative estimate of drug-likeness (QED) is 0.733. The second-order valence-electron chi connectivity index (χ2n) is 6.53. The molecule has 0 saturated carbocycles. The summed E-state index contributed by atoms with van der Waals surface area (Å²) in [5, 5.41) is 0. The lowest BCUT2D eigenvalue weighted by molar-refractivity contribution is 0.0525. The van der Waals surface area contributed by atoms with Crippen LogP contribution in [0, 0.1) is 0 Å². The van der Waals surface area contributed by atoms with Gasteiger partial charge in [-0.3, -0.25) is 4.90 Å². The van der Waals surface area contributed by atoms with Crippen molar-refractivity contribution in [3.63, 3.8) is 0 Å². The van der Waals surface area contributed by atoms with E-state index in [4.69, 9.17) is 4.74 Å². The van der Waals surface area contributed by atoms with Gasteiger partial charge in [0.2, 0.25) is 5.95 Å². The fraction of sp³-hybridized carbons (Fsp3) is 0.381. The molecule has 1 aliphatic rings. The minimum Gasteiger partial charge on any atom is -0.462 e. The van der Waals surface area contributed by atoms with Crippen molar-refractivity contribution in [3.8, 4) is 0 Å². The largest absolute Gasteiger partial charge is 0.462 e. The number of benzene rings is 1. The second kappa shape index (κ2) is 9.28. The maximum absolute atomic E-state index is 11.7. The highest BCUT2D eigenvalue weighted by molar-refractivity contribution is 5.88. The SMILES string of the molecule is CCOC(=O)c1cnc(N2CCN(C(C)C=Cc3ccccc3)CC2)nc1. The van der Waals surface area contributed by atoms with Crippen LogP contribution in [0.5, 0.6) is 0 Å². The van der Waals surface area contributed by atoms with Gasteiger partial charge in [0.25, 0.3) is 0 Å². The average Bonchev–Trinajstić information content (AvgIpc) is 2.73. The predicted molar refractivity (Wildman–Crippen MR) is 107 cm³/mol.